The molecule has 1 fully saturated rings. The van der Waals surface area contributed by atoms with Crippen LogP contribution in [-0.4, -0.2) is 32.0 Å². The van der Waals surface area contributed by atoms with Gasteiger partial charge in [-0.25, -0.2) is 9.97 Å². The van der Waals surface area contributed by atoms with Crippen molar-refractivity contribution in [1.82, 2.24) is 24.8 Å². The van der Waals surface area contributed by atoms with Gasteiger partial charge in [0.1, 0.15) is 11.6 Å². The Hall–Kier alpha value is -3.48. The van der Waals surface area contributed by atoms with Gasteiger partial charge in [-0.05, 0) is 43.5 Å². The number of H-pyrrole nitrogens is 1. The topological polar surface area (TPSA) is 92.7 Å². The minimum atomic E-state index is -0.0191. The van der Waals surface area contributed by atoms with Gasteiger partial charge in [0.25, 0.3) is 5.56 Å². The number of fused-ring (bicyclic) bond motifs is 2. The van der Waals surface area contributed by atoms with Crippen LogP contribution >= 0.6 is 0 Å². The van der Waals surface area contributed by atoms with Crippen LogP contribution in [0, 0.1) is 0 Å². The molecule has 0 bridgehead atoms. The third-order valence-corrected chi connectivity index (χ3v) is 5.72. The number of benzene rings is 2. The van der Waals surface area contributed by atoms with Gasteiger partial charge < -0.3 is 10.3 Å². The van der Waals surface area contributed by atoms with Crippen molar-refractivity contribution in [3.05, 3.63) is 70.5 Å². The van der Waals surface area contributed by atoms with Crippen LogP contribution in [0.2, 0.25) is 0 Å². The highest BCUT2D eigenvalue weighted by Gasteiger charge is 2.28. The summed E-state index contributed by atoms with van der Waals surface area (Å²) >= 11 is 0. The maximum absolute atomic E-state index is 12.9. The van der Waals surface area contributed by atoms with E-state index in [0.29, 0.717) is 36.1 Å². The first kappa shape index (κ1) is 19.5. The normalized spacial score (nSPS) is 13.7. The van der Waals surface area contributed by atoms with Gasteiger partial charge in [0.15, 0.2) is 0 Å². The molecule has 0 unspecified atom stereocenters. The van der Waals surface area contributed by atoms with Crippen LogP contribution in [0.3, 0.4) is 0 Å². The monoisotopic (exact) mass is 415 g/mol. The van der Waals surface area contributed by atoms with E-state index in [9.17, 15) is 9.59 Å². The summed E-state index contributed by atoms with van der Waals surface area (Å²) in [4.78, 5) is 37.8. The number of para-hydroxylation sites is 3. The molecular formula is C24H25N5O2. The van der Waals surface area contributed by atoms with Gasteiger partial charge in [-0.1, -0.05) is 24.3 Å². The summed E-state index contributed by atoms with van der Waals surface area (Å²) in [6.07, 6.45) is 4.38. The molecule has 0 atom stereocenters. The van der Waals surface area contributed by atoms with Crippen LogP contribution in [0.5, 0.6) is 0 Å². The number of rotatable bonds is 8. The average Bonchev–Trinajstić information content (AvgIpc) is 3.53. The Balaban J connectivity index is 1.16. The number of nitrogens with one attached hydrogen (secondary N) is 2. The number of aromatic nitrogens is 4. The Morgan fingerprint density at radius 3 is 2.61 bits per heavy atom. The molecule has 7 nitrogen and oxygen atoms in total. The lowest BCUT2D eigenvalue weighted by Crippen LogP contribution is -2.28. The molecule has 31 heavy (non-hydrogen) atoms. The number of aryl methyl sites for hydroxylation is 2. The molecule has 158 valence electrons. The van der Waals surface area contributed by atoms with Gasteiger partial charge in [0, 0.05) is 31.8 Å². The van der Waals surface area contributed by atoms with E-state index in [1.807, 2.05) is 48.5 Å². The summed E-state index contributed by atoms with van der Waals surface area (Å²) in [5.41, 5.74) is 2.71. The first-order valence-electron chi connectivity index (χ1n) is 10.9. The van der Waals surface area contributed by atoms with Crippen LogP contribution < -0.4 is 10.9 Å². The van der Waals surface area contributed by atoms with Crippen molar-refractivity contribution in [3.8, 4) is 0 Å². The number of aromatic amines is 1. The largest absolute Gasteiger partial charge is 0.356 e. The van der Waals surface area contributed by atoms with Gasteiger partial charge in [0.05, 0.1) is 21.9 Å². The second-order valence-electron chi connectivity index (χ2n) is 8.11. The predicted octanol–water partition coefficient (Wildman–Crippen LogP) is 3.29. The minimum Gasteiger partial charge on any atom is -0.356 e. The fourth-order valence-corrected chi connectivity index (χ4v) is 4.00. The number of carbonyl (C=O) groups excluding carboxylic acids is 1. The molecule has 1 saturated carbocycles. The zero-order valence-corrected chi connectivity index (χ0v) is 17.3. The first-order chi connectivity index (χ1) is 15.2. The van der Waals surface area contributed by atoms with Crippen molar-refractivity contribution in [3.63, 3.8) is 0 Å². The average molecular weight is 415 g/mol. The number of hydrogen-bond donors (Lipinski definition) is 2. The van der Waals surface area contributed by atoms with Crippen LogP contribution in [0.4, 0.5) is 0 Å². The van der Waals surface area contributed by atoms with Crippen molar-refractivity contribution in [2.45, 2.75) is 44.6 Å². The van der Waals surface area contributed by atoms with E-state index in [2.05, 4.69) is 15.3 Å². The second kappa shape index (κ2) is 8.34. The smallest absolute Gasteiger partial charge is 0.261 e. The lowest BCUT2D eigenvalue weighted by Gasteiger charge is -2.13. The molecule has 2 aromatic carbocycles. The zero-order valence-electron chi connectivity index (χ0n) is 17.3. The molecular weight excluding hydrogens is 390 g/mol. The molecule has 2 aromatic heterocycles. The van der Waals surface area contributed by atoms with E-state index < -0.39 is 0 Å². The van der Waals surface area contributed by atoms with Gasteiger partial charge >= 0.3 is 0 Å². The zero-order chi connectivity index (χ0) is 21.2. The maximum atomic E-state index is 12.9. The Morgan fingerprint density at radius 2 is 1.81 bits per heavy atom. The molecule has 7 heteroatoms. The van der Waals surface area contributed by atoms with E-state index in [4.69, 9.17) is 4.98 Å². The SMILES string of the molecule is O=C(CCc1nc2ccccc2c(=O)n1C1CC1)NCCCc1nc2ccccc2[nH]1. The Kier molecular flexibility index (Phi) is 5.24. The van der Waals surface area contributed by atoms with Gasteiger partial charge in [-0.15, -0.1) is 0 Å². The number of amides is 1. The molecule has 2 heterocycles. The highest BCUT2D eigenvalue weighted by Crippen LogP contribution is 2.34. The summed E-state index contributed by atoms with van der Waals surface area (Å²) in [5.74, 6) is 1.63. The van der Waals surface area contributed by atoms with E-state index in [0.717, 1.165) is 42.5 Å². The molecule has 1 amide bonds. The molecule has 4 aromatic rings. The first-order valence-corrected chi connectivity index (χ1v) is 10.9. The van der Waals surface area contributed by atoms with E-state index in [1.54, 1.807) is 4.57 Å². The van der Waals surface area contributed by atoms with Crippen LogP contribution in [0.25, 0.3) is 21.9 Å². The van der Waals surface area contributed by atoms with Crippen molar-refractivity contribution < 1.29 is 4.79 Å². The van der Waals surface area contributed by atoms with Crippen LogP contribution in [-0.2, 0) is 17.6 Å². The lowest BCUT2D eigenvalue weighted by atomic mass is 10.2. The van der Waals surface area contributed by atoms with E-state index in [1.165, 1.54) is 0 Å². The highest BCUT2D eigenvalue weighted by atomic mass is 16.1. The molecule has 0 radical (unpaired) electrons. The lowest BCUT2D eigenvalue weighted by molar-refractivity contribution is -0.121. The van der Waals surface area contributed by atoms with Crippen molar-refractivity contribution in [1.29, 1.82) is 0 Å². The number of hydrogen-bond acceptors (Lipinski definition) is 4. The summed E-state index contributed by atoms with van der Waals surface area (Å²) < 4.78 is 1.80. The highest BCUT2D eigenvalue weighted by molar-refractivity contribution is 5.78. The molecule has 5 rings (SSSR count). The second-order valence-corrected chi connectivity index (χ2v) is 8.11. The van der Waals surface area contributed by atoms with Crippen molar-refractivity contribution >= 4 is 27.8 Å². The molecule has 0 saturated heterocycles. The molecule has 0 aliphatic heterocycles. The third-order valence-electron chi connectivity index (χ3n) is 5.72. The molecule has 0 spiro atoms. The minimum absolute atomic E-state index is 0.00865. The number of carbonyl (C=O) groups is 1. The fraction of sp³-hybridized carbons (Fsp3) is 0.333. The summed E-state index contributed by atoms with van der Waals surface area (Å²) in [5, 5.41) is 3.62. The van der Waals surface area contributed by atoms with Crippen molar-refractivity contribution in [2.24, 2.45) is 0 Å². The number of imidazole rings is 1. The van der Waals surface area contributed by atoms with Crippen molar-refractivity contribution in [2.75, 3.05) is 6.54 Å². The fourth-order valence-electron chi connectivity index (χ4n) is 4.00. The molecule has 2 N–H and O–H groups in total. The molecule has 1 aliphatic carbocycles. The Labute approximate surface area is 179 Å². The number of nitrogens with zero attached hydrogens (tertiary/aromatic N) is 3. The quantitative estimate of drug-likeness (QED) is 0.432. The summed E-state index contributed by atoms with van der Waals surface area (Å²) in [7, 11) is 0. The van der Waals surface area contributed by atoms with E-state index in [-0.39, 0.29) is 17.5 Å². The standard InChI is InChI=1S/C24H25N5O2/c30-23(25-15-5-10-21-26-19-8-3-4-9-20(19)27-21)14-13-22-28-18-7-2-1-6-17(18)24(31)29(22)16-11-12-16/h1-4,6-9,16H,5,10-15H2,(H,25,30)(H,26,27). The maximum Gasteiger partial charge on any atom is 0.261 e. The Morgan fingerprint density at radius 1 is 1.03 bits per heavy atom. The van der Waals surface area contributed by atoms with Gasteiger partial charge in [-0.3, -0.25) is 14.2 Å². The predicted molar refractivity (Wildman–Crippen MR) is 120 cm³/mol. The third kappa shape index (κ3) is 4.21. The Bertz CT molecular complexity index is 1270. The molecule has 1 aliphatic rings. The van der Waals surface area contributed by atoms with Crippen LogP contribution in [0.1, 0.15) is 43.4 Å². The van der Waals surface area contributed by atoms with Crippen LogP contribution in [0.15, 0.2) is 53.3 Å². The van der Waals surface area contributed by atoms with Gasteiger partial charge in [0.2, 0.25) is 5.91 Å². The summed E-state index contributed by atoms with van der Waals surface area (Å²) in [6.45, 7) is 0.594. The van der Waals surface area contributed by atoms with Gasteiger partial charge in [-0.2, -0.15) is 0 Å². The summed E-state index contributed by atoms with van der Waals surface area (Å²) in [6, 6.07) is 15.6. The van der Waals surface area contributed by atoms with E-state index >= 15 is 0 Å².